The van der Waals surface area contributed by atoms with E-state index in [1.54, 1.807) is 23.1 Å². The molecule has 2 heterocycles. The molecule has 0 saturated heterocycles. The molecular weight excluding hydrogens is 254 g/mol. The van der Waals surface area contributed by atoms with Crippen LogP contribution >= 0.6 is 23.1 Å². The summed E-state index contributed by atoms with van der Waals surface area (Å²) in [6.07, 6.45) is 0. The van der Waals surface area contributed by atoms with Crippen molar-refractivity contribution in [2.24, 2.45) is 12.8 Å². The third kappa shape index (κ3) is 2.67. The van der Waals surface area contributed by atoms with Gasteiger partial charge in [0.15, 0.2) is 5.16 Å². The molecule has 0 aliphatic carbocycles. The molecule has 0 radical (unpaired) electrons. The predicted molar refractivity (Wildman–Crippen MR) is 70.0 cm³/mol. The average Bonchev–Trinajstić information content (AvgIpc) is 2.79. The van der Waals surface area contributed by atoms with Crippen LogP contribution < -0.4 is 5.73 Å². The Hall–Kier alpha value is -0.920. The molecule has 2 aromatic heterocycles. The highest BCUT2D eigenvalue weighted by Crippen LogP contribution is 2.25. The second-order valence-corrected chi connectivity index (χ2v) is 6.04. The van der Waals surface area contributed by atoms with Crippen molar-refractivity contribution < 1.29 is 0 Å². The van der Waals surface area contributed by atoms with Crippen LogP contribution in [0.25, 0.3) is 0 Å². The van der Waals surface area contributed by atoms with Crippen LogP contribution in [-0.4, -0.2) is 19.7 Å². The molecule has 0 fully saturated rings. The van der Waals surface area contributed by atoms with Gasteiger partial charge in [-0.1, -0.05) is 11.8 Å². The minimum atomic E-state index is 0.416. The van der Waals surface area contributed by atoms with Crippen molar-refractivity contribution in [1.29, 1.82) is 0 Å². The number of rotatable bonds is 4. The average molecular weight is 269 g/mol. The summed E-state index contributed by atoms with van der Waals surface area (Å²) < 4.78 is 1.93. The molecule has 0 spiro atoms. The summed E-state index contributed by atoms with van der Waals surface area (Å²) in [4.78, 5) is 5.77. The molecule has 0 atom stereocenters. The van der Waals surface area contributed by atoms with Gasteiger partial charge in [0.1, 0.15) is 5.82 Å². The lowest BCUT2D eigenvalue weighted by Gasteiger charge is -2.01. The summed E-state index contributed by atoms with van der Waals surface area (Å²) >= 11 is 3.37. The van der Waals surface area contributed by atoms with E-state index in [4.69, 9.17) is 5.73 Å². The van der Waals surface area contributed by atoms with Crippen LogP contribution in [0.2, 0.25) is 0 Å². The minimum absolute atomic E-state index is 0.416. The standard InChI is InChI=1S/C10H15N5S2/c1-6-8(12-7(2)17-6)5-16-10-14-13-9(4-11)15(10)3/h4-5,11H2,1-3H3. The number of thioether (sulfide) groups is 1. The van der Waals surface area contributed by atoms with Gasteiger partial charge in [0.2, 0.25) is 0 Å². The summed E-state index contributed by atoms with van der Waals surface area (Å²) in [7, 11) is 1.93. The monoisotopic (exact) mass is 269 g/mol. The van der Waals surface area contributed by atoms with Crippen LogP contribution in [0, 0.1) is 13.8 Å². The first-order valence-electron chi connectivity index (χ1n) is 5.26. The molecule has 2 aromatic rings. The van der Waals surface area contributed by atoms with Crippen molar-refractivity contribution in [3.63, 3.8) is 0 Å². The van der Waals surface area contributed by atoms with Crippen LogP contribution in [0.1, 0.15) is 21.4 Å². The molecule has 2 N–H and O–H groups in total. The Balaban J connectivity index is 2.07. The van der Waals surface area contributed by atoms with E-state index in [0.29, 0.717) is 6.54 Å². The maximum Gasteiger partial charge on any atom is 0.191 e. The topological polar surface area (TPSA) is 69.6 Å². The fraction of sp³-hybridized carbons (Fsp3) is 0.500. The second-order valence-electron chi connectivity index (χ2n) is 3.69. The van der Waals surface area contributed by atoms with E-state index < -0.39 is 0 Å². The van der Waals surface area contributed by atoms with Crippen molar-refractivity contribution in [3.8, 4) is 0 Å². The number of hydrogen-bond donors (Lipinski definition) is 1. The van der Waals surface area contributed by atoms with Crippen LogP contribution in [-0.2, 0) is 19.3 Å². The van der Waals surface area contributed by atoms with E-state index in [2.05, 4.69) is 22.1 Å². The maximum atomic E-state index is 5.56. The predicted octanol–water partition coefficient (Wildman–Crippen LogP) is 1.64. The van der Waals surface area contributed by atoms with Crippen molar-refractivity contribution in [2.45, 2.75) is 31.3 Å². The molecule has 0 aromatic carbocycles. The lowest BCUT2D eigenvalue weighted by atomic mass is 10.4. The van der Waals surface area contributed by atoms with Crippen LogP contribution in [0.3, 0.4) is 0 Å². The fourth-order valence-corrected chi connectivity index (χ4v) is 3.36. The highest BCUT2D eigenvalue weighted by atomic mass is 32.2. The number of nitrogens with zero attached hydrogens (tertiary/aromatic N) is 4. The lowest BCUT2D eigenvalue weighted by Crippen LogP contribution is -2.05. The number of thiazole rings is 1. The van der Waals surface area contributed by atoms with E-state index in [-0.39, 0.29) is 0 Å². The first-order valence-corrected chi connectivity index (χ1v) is 7.06. The Bertz CT molecular complexity index is 517. The number of aromatic nitrogens is 4. The van der Waals surface area contributed by atoms with Crippen molar-refractivity contribution in [2.75, 3.05) is 0 Å². The van der Waals surface area contributed by atoms with Crippen molar-refractivity contribution in [1.82, 2.24) is 19.7 Å². The van der Waals surface area contributed by atoms with Gasteiger partial charge in [0, 0.05) is 17.7 Å². The number of aryl methyl sites for hydroxylation is 2. The molecule has 0 bridgehead atoms. The normalized spacial score (nSPS) is 11.1. The van der Waals surface area contributed by atoms with Crippen LogP contribution in [0.15, 0.2) is 5.16 Å². The molecule has 2 rings (SSSR count). The van der Waals surface area contributed by atoms with Crippen LogP contribution in [0.4, 0.5) is 0 Å². The fourth-order valence-electron chi connectivity index (χ4n) is 1.49. The Morgan fingerprint density at radius 2 is 2.12 bits per heavy atom. The second kappa shape index (κ2) is 5.16. The van der Waals surface area contributed by atoms with Gasteiger partial charge < -0.3 is 10.3 Å². The zero-order chi connectivity index (χ0) is 12.4. The number of nitrogens with two attached hydrogens (primary N) is 1. The first kappa shape index (κ1) is 12.5. The van der Waals surface area contributed by atoms with Gasteiger partial charge in [-0.15, -0.1) is 21.5 Å². The lowest BCUT2D eigenvalue weighted by molar-refractivity contribution is 0.734. The molecule has 0 aliphatic rings. The molecule has 17 heavy (non-hydrogen) atoms. The third-order valence-corrected chi connectivity index (χ3v) is 4.41. The molecule has 0 amide bonds. The summed E-state index contributed by atoms with van der Waals surface area (Å²) in [6.45, 7) is 4.54. The number of hydrogen-bond acceptors (Lipinski definition) is 6. The van der Waals surface area contributed by atoms with Crippen molar-refractivity contribution in [3.05, 3.63) is 21.4 Å². The van der Waals surface area contributed by atoms with Gasteiger partial charge in [-0.05, 0) is 13.8 Å². The maximum absolute atomic E-state index is 5.56. The quantitative estimate of drug-likeness (QED) is 0.854. The van der Waals surface area contributed by atoms with E-state index in [1.165, 1.54) is 4.88 Å². The molecule has 92 valence electrons. The Morgan fingerprint density at radius 1 is 1.35 bits per heavy atom. The summed E-state index contributed by atoms with van der Waals surface area (Å²) in [6, 6.07) is 0. The summed E-state index contributed by atoms with van der Waals surface area (Å²) in [5.74, 6) is 1.63. The summed E-state index contributed by atoms with van der Waals surface area (Å²) in [5, 5.41) is 10.1. The van der Waals surface area contributed by atoms with Gasteiger partial charge in [0.05, 0.1) is 17.2 Å². The Morgan fingerprint density at radius 3 is 2.65 bits per heavy atom. The molecule has 0 unspecified atom stereocenters. The largest absolute Gasteiger partial charge is 0.324 e. The van der Waals surface area contributed by atoms with Crippen LogP contribution in [0.5, 0.6) is 0 Å². The SMILES string of the molecule is Cc1nc(CSc2nnc(CN)n2C)c(C)s1. The molecule has 5 nitrogen and oxygen atoms in total. The van der Waals surface area contributed by atoms with E-state index in [0.717, 1.165) is 27.4 Å². The minimum Gasteiger partial charge on any atom is -0.324 e. The zero-order valence-corrected chi connectivity index (χ0v) is 11.7. The molecule has 7 heteroatoms. The Labute approximate surface area is 108 Å². The highest BCUT2D eigenvalue weighted by Gasteiger charge is 2.10. The zero-order valence-electron chi connectivity index (χ0n) is 10.1. The van der Waals surface area contributed by atoms with E-state index in [1.807, 2.05) is 18.5 Å². The smallest absolute Gasteiger partial charge is 0.191 e. The van der Waals surface area contributed by atoms with Gasteiger partial charge in [-0.2, -0.15) is 0 Å². The van der Waals surface area contributed by atoms with Gasteiger partial charge in [-0.3, -0.25) is 0 Å². The van der Waals surface area contributed by atoms with Gasteiger partial charge in [-0.25, -0.2) is 4.98 Å². The van der Waals surface area contributed by atoms with Gasteiger partial charge >= 0.3 is 0 Å². The molecule has 0 saturated carbocycles. The van der Waals surface area contributed by atoms with Crippen molar-refractivity contribution >= 4 is 23.1 Å². The molecule has 0 aliphatic heterocycles. The molecular formula is C10H15N5S2. The first-order chi connectivity index (χ1) is 8.11. The Kier molecular flexibility index (Phi) is 3.80. The van der Waals surface area contributed by atoms with E-state index in [9.17, 15) is 0 Å². The van der Waals surface area contributed by atoms with E-state index >= 15 is 0 Å². The van der Waals surface area contributed by atoms with Gasteiger partial charge in [0.25, 0.3) is 0 Å². The highest BCUT2D eigenvalue weighted by molar-refractivity contribution is 7.98. The third-order valence-electron chi connectivity index (χ3n) is 2.45. The summed E-state index contributed by atoms with van der Waals surface area (Å²) in [5.41, 5.74) is 6.69.